The molecule has 3 N–H and O–H groups in total. The van der Waals surface area contributed by atoms with Crippen LogP contribution in [0.3, 0.4) is 0 Å². The first kappa shape index (κ1) is 26.6. The lowest BCUT2D eigenvalue weighted by atomic mass is 10.1. The van der Waals surface area contributed by atoms with E-state index in [4.69, 9.17) is 14.6 Å². The molecular formula is C24H46O5. The Kier molecular flexibility index (Phi) is 16.8. The summed E-state index contributed by atoms with van der Waals surface area (Å²) in [5.74, 6) is 0. The van der Waals surface area contributed by atoms with Crippen molar-refractivity contribution in [1.29, 1.82) is 0 Å². The summed E-state index contributed by atoms with van der Waals surface area (Å²) in [5.41, 5.74) is 0. The molecule has 0 amide bonds. The standard InChI is InChI=1S/C24H46O5/c1-2-3-4-5-6-7-8-9-10-11-12-13-14-15-16-17-18-28-24-22(27)20-29-23(24)21(26)19-25/h8-9,21-27H,2-7,10-20H2,1H3/b9-8+/t21-,22+,23-,24-/m0/s1. The van der Waals surface area contributed by atoms with Crippen LogP contribution in [0, 0.1) is 0 Å². The van der Waals surface area contributed by atoms with Crippen molar-refractivity contribution in [3.8, 4) is 0 Å². The second kappa shape index (κ2) is 18.3. The van der Waals surface area contributed by atoms with Crippen LogP contribution >= 0.6 is 0 Å². The quantitative estimate of drug-likeness (QED) is 0.214. The van der Waals surface area contributed by atoms with E-state index in [-0.39, 0.29) is 13.2 Å². The van der Waals surface area contributed by atoms with Gasteiger partial charge in [0.15, 0.2) is 0 Å². The van der Waals surface area contributed by atoms with Gasteiger partial charge in [-0.05, 0) is 32.1 Å². The summed E-state index contributed by atoms with van der Waals surface area (Å²) in [4.78, 5) is 0. The van der Waals surface area contributed by atoms with E-state index in [0.717, 1.165) is 12.8 Å². The van der Waals surface area contributed by atoms with Crippen LogP contribution in [0.1, 0.15) is 96.8 Å². The maximum atomic E-state index is 9.89. The zero-order valence-corrected chi connectivity index (χ0v) is 18.6. The molecule has 1 aliphatic rings. The minimum atomic E-state index is -1.00. The minimum absolute atomic E-state index is 0.153. The van der Waals surface area contributed by atoms with Gasteiger partial charge in [-0.2, -0.15) is 0 Å². The zero-order valence-electron chi connectivity index (χ0n) is 18.6. The largest absolute Gasteiger partial charge is 0.394 e. The van der Waals surface area contributed by atoms with E-state index in [9.17, 15) is 10.2 Å². The molecular weight excluding hydrogens is 368 g/mol. The maximum absolute atomic E-state index is 9.89. The molecule has 1 aliphatic heterocycles. The Morgan fingerprint density at radius 1 is 0.897 bits per heavy atom. The highest BCUT2D eigenvalue weighted by Gasteiger charge is 2.40. The third-order valence-electron chi connectivity index (χ3n) is 5.70. The highest BCUT2D eigenvalue weighted by atomic mass is 16.6. The van der Waals surface area contributed by atoms with Gasteiger partial charge in [0.25, 0.3) is 0 Å². The van der Waals surface area contributed by atoms with Gasteiger partial charge < -0.3 is 24.8 Å². The smallest absolute Gasteiger partial charge is 0.114 e. The van der Waals surface area contributed by atoms with Crippen molar-refractivity contribution in [3.63, 3.8) is 0 Å². The fourth-order valence-electron chi connectivity index (χ4n) is 3.83. The molecule has 5 nitrogen and oxygen atoms in total. The topological polar surface area (TPSA) is 79.2 Å². The molecule has 0 radical (unpaired) electrons. The van der Waals surface area contributed by atoms with Crippen molar-refractivity contribution in [2.24, 2.45) is 0 Å². The lowest BCUT2D eigenvalue weighted by Gasteiger charge is -2.23. The van der Waals surface area contributed by atoms with E-state index < -0.39 is 24.4 Å². The van der Waals surface area contributed by atoms with E-state index >= 15 is 0 Å². The number of allylic oxidation sites excluding steroid dienone is 2. The Labute approximate surface area is 178 Å². The van der Waals surface area contributed by atoms with Crippen LogP contribution in [-0.4, -0.2) is 59.6 Å². The molecule has 5 heteroatoms. The molecule has 29 heavy (non-hydrogen) atoms. The Morgan fingerprint density at radius 2 is 1.45 bits per heavy atom. The van der Waals surface area contributed by atoms with Gasteiger partial charge in [-0.25, -0.2) is 0 Å². The van der Waals surface area contributed by atoms with Crippen molar-refractivity contribution in [1.82, 2.24) is 0 Å². The Hall–Kier alpha value is -0.460. The number of unbranched alkanes of at least 4 members (excludes halogenated alkanes) is 12. The van der Waals surface area contributed by atoms with Crippen molar-refractivity contribution in [3.05, 3.63) is 12.2 Å². The molecule has 0 aromatic rings. The SMILES string of the molecule is CCCCCCC/C=C/CCCCCCCCCO[C@@H]1[C@H]([C@@H](O)CO)OC[C@H]1O. The third-order valence-corrected chi connectivity index (χ3v) is 5.70. The summed E-state index contributed by atoms with van der Waals surface area (Å²) >= 11 is 0. The number of aliphatic hydroxyl groups excluding tert-OH is 3. The molecule has 0 saturated carbocycles. The van der Waals surface area contributed by atoms with Crippen LogP contribution < -0.4 is 0 Å². The summed E-state index contributed by atoms with van der Waals surface area (Å²) in [6.07, 6.45) is 19.5. The van der Waals surface area contributed by atoms with Gasteiger partial charge in [-0.1, -0.05) is 76.9 Å². The molecule has 172 valence electrons. The lowest BCUT2D eigenvalue weighted by Crippen LogP contribution is -2.42. The molecule has 1 saturated heterocycles. The highest BCUT2D eigenvalue weighted by molar-refractivity contribution is 4.89. The fraction of sp³-hybridized carbons (Fsp3) is 0.917. The summed E-state index contributed by atoms with van der Waals surface area (Å²) in [7, 11) is 0. The van der Waals surface area contributed by atoms with Gasteiger partial charge in [-0.3, -0.25) is 0 Å². The second-order valence-corrected chi connectivity index (χ2v) is 8.39. The van der Waals surface area contributed by atoms with Gasteiger partial charge in [0.2, 0.25) is 0 Å². The first-order chi connectivity index (χ1) is 14.2. The van der Waals surface area contributed by atoms with Crippen LogP contribution in [0.4, 0.5) is 0 Å². The fourth-order valence-corrected chi connectivity index (χ4v) is 3.83. The third kappa shape index (κ3) is 12.7. The van der Waals surface area contributed by atoms with Gasteiger partial charge in [0.05, 0.1) is 13.2 Å². The van der Waals surface area contributed by atoms with Crippen LogP contribution in [0.5, 0.6) is 0 Å². The number of ether oxygens (including phenoxy) is 2. The first-order valence-corrected chi connectivity index (χ1v) is 12.1. The number of hydrogen-bond donors (Lipinski definition) is 3. The van der Waals surface area contributed by atoms with Crippen molar-refractivity contribution in [2.75, 3.05) is 19.8 Å². The minimum Gasteiger partial charge on any atom is -0.394 e. The predicted molar refractivity (Wildman–Crippen MR) is 118 cm³/mol. The van der Waals surface area contributed by atoms with E-state index in [0.29, 0.717) is 6.61 Å². The van der Waals surface area contributed by atoms with Crippen LogP contribution in [0.25, 0.3) is 0 Å². The second-order valence-electron chi connectivity index (χ2n) is 8.39. The van der Waals surface area contributed by atoms with Crippen LogP contribution in [0.15, 0.2) is 12.2 Å². The summed E-state index contributed by atoms with van der Waals surface area (Å²) in [6.45, 7) is 2.59. The van der Waals surface area contributed by atoms with Crippen molar-refractivity contribution >= 4 is 0 Å². The first-order valence-electron chi connectivity index (χ1n) is 12.1. The average Bonchev–Trinajstić information content (AvgIpc) is 3.10. The Balaban J connectivity index is 1.86. The predicted octanol–water partition coefficient (Wildman–Crippen LogP) is 4.52. The Bertz CT molecular complexity index is 387. The molecule has 0 unspecified atom stereocenters. The maximum Gasteiger partial charge on any atom is 0.114 e. The van der Waals surface area contributed by atoms with E-state index in [1.54, 1.807) is 0 Å². The summed E-state index contributed by atoms with van der Waals surface area (Å²) in [6, 6.07) is 0. The van der Waals surface area contributed by atoms with E-state index in [1.165, 1.54) is 77.0 Å². The summed E-state index contributed by atoms with van der Waals surface area (Å²) in [5, 5.41) is 28.7. The van der Waals surface area contributed by atoms with E-state index in [2.05, 4.69) is 19.1 Å². The van der Waals surface area contributed by atoms with Gasteiger partial charge >= 0.3 is 0 Å². The van der Waals surface area contributed by atoms with Gasteiger partial charge in [0, 0.05) is 6.61 Å². The Morgan fingerprint density at radius 3 is 2.03 bits per heavy atom. The van der Waals surface area contributed by atoms with Crippen LogP contribution in [0.2, 0.25) is 0 Å². The van der Waals surface area contributed by atoms with Gasteiger partial charge in [0.1, 0.15) is 24.4 Å². The zero-order chi connectivity index (χ0) is 21.2. The number of rotatable bonds is 19. The molecule has 0 aromatic carbocycles. The molecule has 1 heterocycles. The monoisotopic (exact) mass is 414 g/mol. The molecule has 0 aliphatic carbocycles. The molecule has 4 atom stereocenters. The van der Waals surface area contributed by atoms with Gasteiger partial charge in [-0.15, -0.1) is 0 Å². The van der Waals surface area contributed by atoms with Crippen molar-refractivity contribution in [2.45, 2.75) is 121 Å². The van der Waals surface area contributed by atoms with Crippen molar-refractivity contribution < 1.29 is 24.8 Å². The number of aliphatic hydroxyl groups is 3. The molecule has 0 aromatic heterocycles. The summed E-state index contributed by atoms with van der Waals surface area (Å²) < 4.78 is 11.0. The lowest BCUT2D eigenvalue weighted by molar-refractivity contribution is -0.0938. The highest BCUT2D eigenvalue weighted by Crippen LogP contribution is 2.21. The average molecular weight is 415 g/mol. The van der Waals surface area contributed by atoms with E-state index in [1.807, 2.05) is 0 Å². The van der Waals surface area contributed by atoms with Crippen LogP contribution in [-0.2, 0) is 9.47 Å². The molecule has 0 bridgehead atoms. The number of hydrogen-bond acceptors (Lipinski definition) is 5. The molecule has 1 rings (SSSR count). The molecule has 0 spiro atoms. The normalized spacial score (nSPS) is 23.2. The molecule has 1 fully saturated rings.